The molecular formula is C16H17ClFN. The molecule has 0 fully saturated rings. The molecule has 1 nitrogen and oxygen atoms in total. The van der Waals surface area contributed by atoms with E-state index in [0.717, 1.165) is 28.1 Å². The molecule has 0 amide bonds. The number of aryl methyl sites for hydroxylation is 1. The lowest BCUT2D eigenvalue weighted by Crippen LogP contribution is -2.18. The molecule has 0 aliphatic rings. The molecule has 2 aromatic rings. The summed E-state index contributed by atoms with van der Waals surface area (Å²) < 4.78 is 12.9. The number of likely N-dealkylation sites (N-methyl/N-ethyl adjacent to an activating group) is 1. The van der Waals surface area contributed by atoms with Crippen molar-refractivity contribution in [1.29, 1.82) is 0 Å². The van der Waals surface area contributed by atoms with Gasteiger partial charge in [-0.1, -0.05) is 35.9 Å². The molecule has 100 valence electrons. The van der Waals surface area contributed by atoms with Crippen LogP contribution in [0.1, 0.15) is 22.7 Å². The summed E-state index contributed by atoms with van der Waals surface area (Å²) in [5.74, 6) is -0.205. The molecule has 0 saturated heterocycles. The van der Waals surface area contributed by atoms with Gasteiger partial charge in [0.15, 0.2) is 0 Å². The first-order chi connectivity index (χ1) is 9.10. The Kier molecular flexibility index (Phi) is 4.56. The normalized spacial score (nSPS) is 12.4. The van der Waals surface area contributed by atoms with Crippen LogP contribution in [-0.2, 0) is 6.42 Å². The zero-order valence-electron chi connectivity index (χ0n) is 11.1. The maximum absolute atomic E-state index is 12.9. The summed E-state index contributed by atoms with van der Waals surface area (Å²) in [4.78, 5) is 0. The molecule has 1 N–H and O–H groups in total. The van der Waals surface area contributed by atoms with Crippen LogP contribution in [0.4, 0.5) is 4.39 Å². The highest BCUT2D eigenvalue weighted by Gasteiger charge is 2.11. The van der Waals surface area contributed by atoms with E-state index in [1.807, 2.05) is 38.2 Å². The fourth-order valence-corrected chi connectivity index (χ4v) is 2.26. The Morgan fingerprint density at radius 1 is 1.16 bits per heavy atom. The van der Waals surface area contributed by atoms with E-state index >= 15 is 0 Å². The van der Waals surface area contributed by atoms with Crippen LogP contribution in [0.2, 0.25) is 5.02 Å². The van der Waals surface area contributed by atoms with Gasteiger partial charge in [-0.2, -0.15) is 0 Å². The van der Waals surface area contributed by atoms with Gasteiger partial charge in [0.1, 0.15) is 5.82 Å². The van der Waals surface area contributed by atoms with Crippen molar-refractivity contribution in [2.24, 2.45) is 0 Å². The average Bonchev–Trinajstić information content (AvgIpc) is 2.41. The third-order valence-electron chi connectivity index (χ3n) is 3.30. The summed E-state index contributed by atoms with van der Waals surface area (Å²) >= 11 is 6.16. The summed E-state index contributed by atoms with van der Waals surface area (Å²) in [6.07, 6.45) is 0.802. The van der Waals surface area contributed by atoms with Crippen LogP contribution in [0, 0.1) is 12.7 Å². The van der Waals surface area contributed by atoms with Gasteiger partial charge in [0.2, 0.25) is 0 Å². The van der Waals surface area contributed by atoms with Gasteiger partial charge in [-0.25, -0.2) is 4.39 Å². The fourth-order valence-electron chi connectivity index (χ4n) is 2.07. The van der Waals surface area contributed by atoms with Crippen LogP contribution in [0.5, 0.6) is 0 Å². The maximum atomic E-state index is 12.9. The Morgan fingerprint density at radius 2 is 1.84 bits per heavy atom. The van der Waals surface area contributed by atoms with Crippen LogP contribution in [-0.4, -0.2) is 7.05 Å². The number of benzene rings is 2. The summed E-state index contributed by atoms with van der Waals surface area (Å²) in [5, 5.41) is 4.05. The van der Waals surface area contributed by atoms with Crippen molar-refractivity contribution >= 4 is 11.6 Å². The van der Waals surface area contributed by atoms with Gasteiger partial charge in [-0.3, -0.25) is 0 Å². The second-order valence-corrected chi connectivity index (χ2v) is 5.09. The maximum Gasteiger partial charge on any atom is 0.123 e. The largest absolute Gasteiger partial charge is 0.313 e. The Balaban J connectivity index is 2.19. The van der Waals surface area contributed by atoms with Gasteiger partial charge in [0, 0.05) is 11.1 Å². The highest BCUT2D eigenvalue weighted by atomic mass is 35.5. The monoisotopic (exact) mass is 277 g/mol. The third kappa shape index (κ3) is 3.55. The molecule has 2 rings (SSSR count). The Bertz CT molecular complexity index is 551. The standard InChI is InChI=1S/C16H17ClFN/c1-11-3-6-13(10-15(11)17)16(19-2)9-12-4-7-14(18)8-5-12/h3-8,10,16,19H,9H2,1-2H3. The highest BCUT2D eigenvalue weighted by molar-refractivity contribution is 6.31. The van der Waals surface area contributed by atoms with E-state index in [-0.39, 0.29) is 11.9 Å². The molecule has 0 saturated carbocycles. The van der Waals surface area contributed by atoms with Crippen LogP contribution in [0.25, 0.3) is 0 Å². The van der Waals surface area contributed by atoms with E-state index in [1.165, 1.54) is 12.1 Å². The van der Waals surface area contributed by atoms with E-state index in [2.05, 4.69) is 11.4 Å². The van der Waals surface area contributed by atoms with Crippen LogP contribution in [0.3, 0.4) is 0 Å². The lowest BCUT2D eigenvalue weighted by atomic mass is 9.98. The second kappa shape index (κ2) is 6.18. The summed E-state index contributed by atoms with van der Waals surface area (Å²) in [7, 11) is 1.92. The predicted molar refractivity (Wildman–Crippen MR) is 78.1 cm³/mol. The molecule has 3 heteroatoms. The zero-order valence-corrected chi connectivity index (χ0v) is 11.8. The Hall–Kier alpha value is -1.38. The molecule has 1 unspecified atom stereocenters. The molecule has 19 heavy (non-hydrogen) atoms. The first kappa shape index (κ1) is 14.0. The summed E-state index contributed by atoms with van der Waals surface area (Å²) in [5.41, 5.74) is 3.31. The fraction of sp³-hybridized carbons (Fsp3) is 0.250. The minimum absolute atomic E-state index is 0.170. The SMILES string of the molecule is CNC(Cc1ccc(F)cc1)c1ccc(C)c(Cl)c1. The molecule has 0 heterocycles. The number of nitrogens with one attached hydrogen (secondary N) is 1. The molecule has 0 spiro atoms. The van der Waals surface area contributed by atoms with Crippen molar-refractivity contribution in [2.75, 3.05) is 7.05 Å². The first-order valence-corrected chi connectivity index (χ1v) is 6.65. The minimum atomic E-state index is -0.205. The molecule has 1 atom stereocenters. The Labute approximate surface area is 118 Å². The number of rotatable bonds is 4. The molecular weight excluding hydrogens is 261 g/mol. The van der Waals surface area contributed by atoms with Crippen molar-refractivity contribution in [1.82, 2.24) is 5.32 Å². The smallest absolute Gasteiger partial charge is 0.123 e. The average molecular weight is 278 g/mol. The molecule has 2 aromatic carbocycles. The van der Waals surface area contributed by atoms with Crippen molar-refractivity contribution in [3.63, 3.8) is 0 Å². The van der Waals surface area contributed by atoms with Gasteiger partial charge in [-0.15, -0.1) is 0 Å². The summed E-state index contributed by atoms with van der Waals surface area (Å²) in [6, 6.07) is 12.9. The summed E-state index contributed by atoms with van der Waals surface area (Å²) in [6.45, 7) is 1.99. The second-order valence-electron chi connectivity index (χ2n) is 4.68. The first-order valence-electron chi connectivity index (χ1n) is 6.28. The van der Waals surface area contributed by atoms with Crippen LogP contribution in [0.15, 0.2) is 42.5 Å². The van der Waals surface area contributed by atoms with E-state index in [0.29, 0.717) is 0 Å². The number of hydrogen-bond acceptors (Lipinski definition) is 1. The molecule has 0 aliphatic heterocycles. The van der Waals surface area contributed by atoms with Gasteiger partial charge < -0.3 is 5.32 Å². The molecule has 0 bridgehead atoms. The topological polar surface area (TPSA) is 12.0 Å². The predicted octanol–water partition coefficient (Wildman–Crippen LogP) is 4.29. The molecule has 0 radical (unpaired) electrons. The van der Waals surface area contributed by atoms with E-state index in [4.69, 9.17) is 11.6 Å². The molecule has 0 aliphatic carbocycles. The highest BCUT2D eigenvalue weighted by Crippen LogP contribution is 2.23. The van der Waals surface area contributed by atoms with Crippen LogP contribution < -0.4 is 5.32 Å². The Morgan fingerprint density at radius 3 is 2.42 bits per heavy atom. The van der Waals surface area contributed by atoms with Crippen molar-refractivity contribution < 1.29 is 4.39 Å². The van der Waals surface area contributed by atoms with Gasteiger partial charge >= 0.3 is 0 Å². The van der Waals surface area contributed by atoms with Gasteiger partial charge in [-0.05, 0) is 55.3 Å². The van der Waals surface area contributed by atoms with Crippen molar-refractivity contribution in [3.8, 4) is 0 Å². The van der Waals surface area contributed by atoms with Crippen molar-refractivity contribution in [3.05, 3.63) is 70.0 Å². The quantitative estimate of drug-likeness (QED) is 0.879. The van der Waals surface area contributed by atoms with Gasteiger partial charge in [0.25, 0.3) is 0 Å². The minimum Gasteiger partial charge on any atom is -0.313 e. The van der Waals surface area contributed by atoms with Gasteiger partial charge in [0.05, 0.1) is 0 Å². The molecule has 0 aromatic heterocycles. The van der Waals surface area contributed by atoms with Crippen molar-refractivity contribution in [2.45, 2.75) is 19.4 Å². The number of halogens is 2. The van der Waals surface area contributed by atoms with Crippen LogP contribution >= 0.6 is 11.6 Å². The lowest BCUT2D eigenvalue weighted by Gasteiger charge is -2.17. The lowest BCUT2D eigenvalue weighted by molar-refractivity contribution is 0.589. The number of hydrogen-bond donors (Lipinski definition) is 1. The van der Waals surface area contributed by atoms with E-state index in [1.54, 1.807) is 0 Å². The third-order valence-corrected chi connectivity index (χ3v) is 3.71. The van der Waals surface area contributed by atoms with E-state index in [9.17, 15) is 4.39 Å². The van der Waals surface area contributed by atoms with E-state index < -0.39 is 0 Å². The zero-order chi connectivity index (χ0) is 13.8.